The molecule has 0 bridgehead atoms. The Hall–Kier alpha value is -0.980. The van der Waals surface area contributed by atoms with Crippen LogP contribution < -0.4 is 10.5 Å². The minimum Gasteiger partial charge on any atom is -0.326 e. The van der Waals surface area contributed by atoms with E-state index in [0.29, 0.717) is 5.56 Å². The highest BCUT2D eigenvalue weighted by Crippen LogP contribution is 2.36. The van der Waals surface area contributed by atoms with Gasteiger partial charge in [0.15, 0.2) is 0 Å². The van der Waals surface area contributed by atoms with Crippen LogP contribution in [0.4, 0.5) is 4.39 Å². The molecule has 2 rings (SSSR count). The number of hydrogen-bond donors (Lipinski definition) is 2. The van der Waals surface area contributed by atoms with Crippen LogP contribution in [0.1, 0.15) is 30.9 Å². The summed E-state index contributed by atoms with van der Waals surface area (Å²) in [6, 6.07) is 2.71. The molecule has 0 saturated heterocycles. The first kappa shape index (κ1) is 13.5. The van der Waals surface area contributed by atoms with Gasteiger partial charge in [0, 0.05) is 17.6 Å². The monoisotopic (exact) mass is 272 g/mol. The van der Waals surface area contributed by atoms with Gasteiger partial charge in [-0.1, -0.05) is 0 Å². The molecule has 0 spiro atoms. The maximum atomic E-state index is 13.7. The number of halogens is 1. The number of nitrogens with one attached hydrogen (secondary N) is 1. The summed E-state index contributed by atoms with van der Waals surface area (Å²) >= 11 is 0. The van der Waals surface area contributed by atoms with Gasteiger partial charge in [0.05, 0.1) is 4.90 Å². The van der Waals surface area contributed by atoms with Gasteiger partial charge >= 0.3 is 0 Å². The van der Waals surface area contributed by atoms with E-state index in [1.54, 1.807) is 0 Å². The minimum absolute atomic E-state index is 0.0175. The van der Waals surface area contributed by atoms with E-state index in [1.165, 1.54) is 19.1 Å². The van der Waals surface area contributed by atoms with Gasteiger partial charge in [0.2, 0.25) is 10.0 Å². The Labute approximate surface area is 106 Å². The molecular formula is C12H17FN2O2S. The highest BCUT2D eigenvalue weighted by atomic mass is 32.2. The van der Waals surface area contributed by atoms with Gasteiger partial charge in [-0.2, -0.15) is 0 Å². The molecule has 6 heteroatoms. The van der Waals surface area contributed by atoms with Crippen LogP contribution in [0.15, 0.2) is 17.0 Å². The molecule has 0 unspecified atom stereocenters. The molecule has 1 fully saturated rings. The molecule has 4 nitrogen and oxygen atoms in total. The van der Waals surface area contributed by atoms with Crippen molar-refractivity contribution in [3.05, 3.63) is 29.1 Å². The molecule has 1 aliphatic carbocycles. The van der Waals surface area contributed by atoms with Gasteiger partial charge in [-0.3, -0.25) is 0 Å². The fraction of sp³-hybridized carbons (Fsp3) is 0.500. The number of rotatable bonds is 4. The molecule has 3 N–H and O–H groups in total. The van der Waals surface area contributed by atoms with E-state index < -0.39 is 15.8 Å². The zero-order chi connectivity index (χ0) is 13.6. The first-order valence-corrected chi connectivity index (χ1v) is 7.29. The molecule has 1 saturated carbocycles. The van der Waals surface area contributed by atoms with E-state index in [-0.39, 0.29) is 22.5 Å². The summed E-state index contributed by atoms with van der Waals surface area (Å²) in [4.78, 5) is -0.0175. The van der Waals surface area contributed by atoms with Crippen molar-refractivity contribution in [2.24, 2.45) is 5.73 Å². The molecule has 100 valence electrons. The second-order valence-electron chi connectivity index (χ2n) is 5.07. The van der Waals surface area contributed by atoms with Crippen molar-refractivity contribution < 1.29 is 12.8 Å². The van der Waals surface area contributed by atoms with Crippen LogP contribution in [0.2, 0.25) is 0 Å². The Morgan fingerprint density at radius 3 is 2.56 bits per heavy atom. The lowest BCUT2D eigenvalue weighted by Gasteiger charge is -2.15. The molecule has 1 aromatic carbocycles. The predicted molar refractivity (Wildman–Crippen MR) is 67.0 cm³/mol. The molecular weight excluding hydrogens is 255 g/mol. The van der Waals surface area contributed by atoms with E-state index in [4.69, 9.17) is 5.73 Å². The minimum atomic E-state index is -3.69. The molecule has 0 aliphatic heterocycles. The summed E-state index contributed by atoms with van der Waals surface area (Å²) in [7, 11) is -3.69. The predicted octanol–water partition coefficient (Wildman–Crippen LogP) is 1.42. The molecule has 0 amide bonds. The topological polar surface area (TPSA) is 72.2 Å². The van der Waals surface area contributed by atoms with Crippen molar-refractivity contribution in [2.45, 2.75) is 43.7 Å². The molecule has 0 heterocycles. The molecule has 0 radical (unpaired) electrons. The van der Waals surface area contributed by atoms with Gasteiger partial charge in [-0.05, 0) is 44.4 Å². The Balaban J connectivity index is 2.46. The van der Waals surface area contributed by atoms with Gasteiger partial charge in [0.1, 0.15) is 5.82 Å². The smallest absolute Gasteiger partial charge is 0.241 e. The summed E-state index contributed by atoms with van der Waals surface area (Å²) in [5.74, 6) is -0.542. The van der Waals surface area contributed by atoms with Crippen LogP contribution in [0.25, 0.3) is 0 Å². The zero-order valence-corrected chi connectivity index (χ0v) is 11.3. The number of hydrogen-bond acceptors (Lipinski definition) is 3. The summed E-state index contributed by atoms with van der Waals surface area (Å²) in [5.41, 5.74) is 5.66. The lowest BCUT2D eigenvalue weighted by Crippen LogP contribution is -2.34. The van der Waals surface area contributed by atoms with Crippen molar-refractivity contribution in [1.82, 2.24) is 4.72 Å². The van der Waals surface area contributed by atoms with Crippen LogP contribution in [-0.2, 0) is 16.6 Å². The third kappa shape index (κ3) is 2.55. The van der Waals surface area contributed by atoms with Crippen molar-refractivity contribution >= 4 is 10.0 Å². The van der Waals surface area contributed by atoms with Gasteiger partial charge in [-0.15, -0.1) is 0 Å². The second-order valence-corrected chi connectivity index (χ2v) is 6.72. The van der Waals surface area contributed by atoms with Crippen LogP contribution in [0, 0.1) is 12.7 Å². The maximum Gasteiger partial charge on any atom is 0.241 e. The Kier molecular flexibility index (Phi) is 3.21. The van der Waals surface area contributed by atoms with Gasteiger partial charge in [0.25, 0.3) is 0 Å². The van der Waals surface area contributed by atoms with Crippen molar-refractivity contribution in [3.63, 3.8) is 0 Å². The fourth-order valence-electron chi connectivity index (χ4n) is 1.77. The van der Waals surface area contributed by atoms with E-state index in [9.17, 15) is 12.8 Å². The third-order valence-corrected chi connectivity index (χ3v) is 5.03. The van der Waals surface area contributed by atoms with E-state index in [0.717, 1.165) is 12.8 Å². The largest absolute Gasteiger partial charge is 0.326 e. The molecule has 1 aliphatic rings. The Bertz CT molecular complexity index is 580. The highest BCUT2D eigenvalue weighted by Gasteiger charge is 2.41. The Morgan fingerprint density at radius 1 is 1.44 bits per heavy atom. The highest BCUT2D eigenvalue weighted by molar-refractivity contribution is 7.89. The van der Waals surface area contributed by atoms with Crippen LogP contribution in [-0.4, -0.2) is 14.0 Å². The van der Waals surface area contributed by atoms with Crippen LogP contribution in [0.3, 0.4) is 0 Å². The normalized spacial score (nSPS) is 17.8. The maximum absolute atomic E-state index is 13.7. The van der Waals surface area contributed by atoms with E-state index >= 15 is 0 Å². The summed E-state index contributed by atoms with van der Waals surface area (Å²) in [6.07, 6.45) is 1.62. The Morgan fingerprint density at radius 2 is 2.06 bits per heavy atom. The first-order chi connectivity index (χ1) is 8.27. The summed E-state index contributed by atoms with van der Waals surface area (Å²) in [5, 5.41) is 0. The average molecular weight is 272 g/mol. The number of sulfonamides is 1. The fourth-order valence-corrected chi connectivity index (χ4v) is 3.54. The standard InChI is InChI=1S/C12H17FN2O2S/c1-8-10(13)5-9(7-14)6-11(8)18(16,17)15-12(2)3-4-12/h5-6,15H,3-4,7,14H2,1-2H3. The van der Waals surface area contributed by atoms with Crippen molar-refractivity contribution in [1.29, 1.82) is 0 Å². The van der Waals surface area contributed by atoms with Crippen LogP contribution in [0.5, 0.6) is 0 Å². The van der Waals surface area contributed by atoms with Gasteiger partial charge in [-0.25, -0.2) is 17.5 Å². The quantitative estimate of drug-likeness (QED) is 0.870. The lowest BCUT2D eigenvalue weighted by atomic mass is 10.1. The van der Waals surface area contributed by atoms with E-state index in [2.05, 4.69) is 4.72 Å². The first-order valence-electron chi connectivity index (χ1n) is 5.80. The average Bonchev–Trinajstić information content (AvgIpc) is 2.98. The van der Waals surface area contributed by atoms with Gasteiger partial charge < -0.3 is 5.73 Å². The van der Waals surface area contributed by atoms with Crippen LogP contribution >= 0.6 is 0 Å². The molecule has 18 heavy (non-hydrogen) atoms. The number of benzene rings is 1. The third-order valence-electron chi connectivity index (χ3n) is 3.26. The molecule has 0 atom stereocenters. The SMILES string of the molecule is Cc1c(F)cc(CN)cc1S(=O)(=O)NC1(C)CC1. The molecule has 1 aromatic rings. The summed E-state index contributed by atoms with van der Waals surface area (Å²) < 4.78 is 40.7. The molecule has 0 aromatic heterocycles. The second kappa shape index (κ2) is 4.29. The zero-order valence-electron chi connectivity index (χ0n) is 10.5. The summed E-state index contributed by atoms with van der Waals surface area (Å²) in [6.45, 7) is 3.40. The van der Waals surface area contributed by atoms with Crippen molar-refractivity contribution in [2.75, 3.05) is 0 Å². The van der Waals surface area contributed by atoms with E-state index in [1.807, 2.05) is 6.92 Å². The van der Waals surface area contributed by atoms with Crippen molar-refractivity contribution in [3.8, 4) is 0 Å². The lowest BCUT2D eigenvalue weighted by molar-refractivity contribution is 0.553. The number of nitrogens with two attached hydrogens (primary N) is 1.